The predicted octanol–water partition coefficient (Wildman–Crippen LogP) is 3.53. The van der Waals surface area contributed by atoms with Crippen LogP contribution in [0.25, 0.3) is 4.85 Å². The fourth-order valence-corrected chi connectivity index (χ4v) is 5.31. The standard InChI is InChI=1S/C28H49N7O5/c1-21(2)19-23(20-36)32-27(38)25(16-12-18-31-28(29)34-35(39)40)33-26(37)24(22-13-9-10-14-22)15-8-6-4-5-7-11-17-30-3/h20-25H,4-19H2,1-2H3,(H,32,38)(H,33,37)(H3,29,31,34)/t23-,24?,25+/m0/s1. The van der Waals surface area contributed by atoms with Crippen LogP contribution in [0.4, 0.5) is 0 Å². The summed E-state index contributed by atoms with van der Waals surface area (Å²) in [6.45, 7) is 11.5. The second-order valence-electron chi connectivity index (χ2n) is 11.2. The molecule has 226 valence electrons. The van der Waals surface area contributed by atoms with Crippen LogP contribution < -0.4 is 21.8 Å². The summed E-state index contributed by atoms with van der Waals surface area (Å²) in [6, 6.07) is -1.50. The number of nitrogens with two attached hydrogens (primary N) is 1. The van der Waals surface area contributed by atoms with Gasteiger partial charge in [0.2, 0.25) is 18.4 Å². The molecule has 1 rings (SSSR count). The zero-order valence-electron chi connectivity index (χ0n) is 24.2. The summed E-state index contributed by atoms with van der Waals surface area (Å²) in [5.74, 6) is -0.557. The Morgan fingerprint density at radius 2 is 1.70 bits per heavy atom. The first-order chi connectivity index (χ1) is 19.2. The molecule has 0 heterocycles. The van der Waals surface area contributed by atoms with Crippen LogP contribution in [0.15, 0.2) is 4.99 Å². The van der Waals surface area contributed by atoms with Gasteiger partial charge in [-0.2, -0.15) is 0 Å². The molecule has 0 saturated heterocycles. The van der Waals surface area contributed by atoms with Crippen molar-refractivity contribution in [2.75, 3.05) is 13.1 Å². The van der Waals surface area contributed by atoms with Gasteiger partial charge in [-0.3, -0.25) is 9.59 Å². The van der Waals surface area contributed by atoms with Crippen LogP contribution in [-0.4, -0.2) is 54.3 Å². The number of aldehydes is 1. The van der Waals surface area contributed by atoms with Gasteiger partial charge in [-0.15, -0.1) is 0 Å². The Hall–Kier alpha value is -3.23. The van der Waals surface area contributed by atoms with E-state index in [-0.39, 0.29) is 36.7 Å². The molecule has 2 amide bonds. The molecular weight excluding hydrogens is 514 g/mol. The molecule has 0 spiro atoms. The maximum atomic E-state index is 13.6. The normalized spacial score (nSPS) is 16.1. The number of guanidine groups is 1. The zero-order chi connectivity index (χ0) is 29.8. The van der Waals surface area contributed by atoms with E-state index in [1.54, 1.807) is 5.43 Å². The van der Waals surface area contributed by atoms with E-state index in [0.717, 1.165) is 70.6 Å². The molecule has 0 aromatic carbocycles. The number of nitro groups is 1. The minimum atomic E-state index is -0.853. The molecule has 0 bridgehead atoms. The minimum Gasteiger partial charge on any atom is -0.365 e. The largest absolute Gasteiger partial charge is 0.365 e. The van der Waals surface area contributed by atoms with Crippen molar-refractivity contribution in [2.45, 2.75) is 116 Å². The first-order valence-corrected chi connectivity index (χ1v) is 14.8. The summed E-state index contributed by atoms with van der Waals surface area (Å²) >= 11 is 0. The van der Waals surface area contributed by atoms with Crippen LogP contribution in [-0.2, 0) is 14.4 Å². The molecule has 1 aliphatic rings. The van der Waals surface area contributed by atoms with E-state index in [2.05, 4.69) is 20.5 Å². The van der Waals surface area contributed by atoms with Gasteiger partial charge < -0.3 is 26.0 Å². The maximum Gasteiger partial charge on any atom is 0.251 e. The summed E-state index contributed by atoms with van der Waals surface area (Å²) in [7, 11) is 0. The van der Waals surface area contributed by atoms with Gasteiger partial charge in [-0.1, -0.05) is 57.8 Å². The molecule has 5 N–H and O–H groups in total. The average Bonchev–Trinajstić information content (AvgIpc) is 3.42. The third-order valence-corrected chi connectivity index (χ3v) is 7.33. The van der Waals surface area contributed by atoms with Crippen molar-refractivity contribution in [3.8, 4) is 0 Å². The first-order valence-electron chi connectivity index (χ1n) is 14.8. The van der Waals surface area contributed by atoms with Crippen molar-refractivity contribution >= 4 is 24.1 Å². The minimum absolute atomic E-state index is 0.131. The van der Waals surface area contributed by atoms with Crippen molar-refractivity contribution in [1.29, 1.82) is 0 Å². The van der Waals surface area contributed by atoms with Crippen molar-refractivity contribution in [1.82, 2.24) is 16.1 Å². The second-order valence-corrected chi connectivity index (χ2v) is 11.2. The molecule has 3 atom stereocenters. The fourth-order valence-electron chi connectivity index (χ4n) is 5.31. The van der Waals surface area contributed by atoms with E-state index >= 15 is 0 Å². The number of aliphatic imine (C=N–C) groups is 1. The highest BCUT2D eigenvalue weighted by Crippen LogP contribution is 2.34. The van der Waals surface area contributed by atoms with Crippen LogP contribution in [0.5, 0.6) is 0 Å². The monoisotopic (exact) mass is 563 g/mol. The number of nitrogens with one attached hydrogen (secondary N) is 3. The Labute approximate surface area is 238 Å². The predicted molar refractivity (Wildman–Crippen MR) is 154 cm³/mol. The summed E-state index contributed by atoms with van der Waals surface area (Å²) in [4.78, 5) is 56.1. The molecule has 1 aliphatic carbocycles. The third kappa shape index (κ3) is 15.4. The Morgan fingerprint density at radius 1 is 1.05 bits per heavy atom. The number of unbranched alkanes of at least 4 members (excludes halogenated alkanes) is 5. The van der Waals surface area contributed by atoms with Crippen LogP contribution in [0.3, 0.4) is 0 Å². The lowest BCUT2D eigenvalue weighted by Gasteiger charge is -2.27. The SMILES string of the molecule is [C-]#[N+]CCCCCCCCC(C(=O)N[C@H](CCCN=C(N)N[N+](=O)[O-])C(=O)N[C@H](C=O)CC(C)C)C1CCCC1. The van der Waals surface area contributed by atoms with Gasteiger partial charge in [-0.25, -0.2) is 21.7 Å². The van der Waals surface area contributed by atoms with Crippen LogP contribution >= 0.6 is 0 Å². The number of nitrogens with zero attached hydrogens (tertiary/aromatic N) is 3. The molecule has 40 heavy (non-hydrogen) atoms. The van der Waals surface area contributed by atoms with Crippen molar-refractivity contribution < 1.29 is 19.4 Å². The van der Waals surface area contributed by atoms with Gasteiger partial charge in [0.15, 0.2) is 5.03 Å². The molecule has 1 unspecified atom stereocenters. The quantitative estimate of drug-likeness (QED) is 0.0314. The summed E-state index contributed by atoms with van der Waals surface area (Å²) in [5, 5.41) is 15.4. The molecule has 12 nitrogen and oxygen atoms in total. The van der Waals surface area contributed by atoms with Gasteiger partial charge in [0.25, 0.3) is 5.96 Å². The van der Waals surface area contributed by atoms with Gasteiger partial charge >= 0.3 is 0 Å². The van der Waals surface area contributed by atoms with E-state index in [1.807, 2.05) is 13.8 Å². The highest BCUT2D eigenvalue weighted by molar-refractivity contribution is 5.89. The average molecular weight is 564 g/mol. The topological polar surface area (TPSA) is 173 Å². The third-order valence-electron chi connectivity index (χ3n) is 7.33. The Morgan fingerprint density at radius 3 is 2.30 bits per heavy atom. The van der Waals surface area contributed by atoms with Crippen LogP contribution in [0.2, 0.25) is 0 Å². The summed E-state index contributed by atoms with van der Waals surface area (Å²) in [5.41, 5.74) is 7.24. The molecule has 0 radical (unpaired) electrons. The van der Waals surface area contributed by atoms with Crippen molar-refractivity contribution in [3.05, 3.63) is 21.5 Å². The lowest BCUT2D eigenvalue weighted by Crippen LogP contribution is -2.52. The zero-order valence-corrected chi connectivity index (χ0v) is 24.2. The maximum absolute atomic E-state index is 13.6. The molecule has 0 aromatic rings. The molecular formula is C28H49N7O5. The molecule has 0 aliphatic heterocycles. The number of hydrazine groups is 1. The second kappa shape index (κ2) is 20.6. The molecule has 1 saturated carbocycles. The number of hydrogen-bond donors (Lipinski definition) is 4. The Balaban J connectivity index is 2.83. The van der Waals surface area contributed by atoms with Crippen LogP contribution in [0.1, 0.15) is 104 Å². The van der Waals surface area contributed by atoms with E-state index in [4.69, 9.17) is 12.3 Å². The highest BCUT2D eigenvalue weighted by Gasteiger charge is 2.33. The Bertz CT molecular complexity index is 852. The number of amides is 2. The van der Waals surface area contributed by atoms with Gasteiger partial charge in [0.05, 0.1) is 6.04 Å². The number of rotatable bonds is 21. The van der Waals surface area contributed by atoms with E-state index in [0.29, 0.717) is 31.6 Å². The van der Waals surface area contributed by atoms with E-state index < -0.39 is 23.0 Å². The van der Waals surface area contributed by atoms with Crippen LogP contribution in [0, 0.1) is 34.4 Å². The van der Waals surface area contributed by atoms with Gasteiger partial charge in [-0.05, 0) is 56.8 Å². The number of hydrogen-bond acceptors (Lipinski definition) is 6. The van der Waals surface area contributed by atoms with Crippen molar-refractivity contribution in [2.24, 2.45) is 28.5 Å². The van der Waals surface area contributed by atoms with Gasteiger partial charge in [0.1, 0.15) is 12.3 Å². The smallest absolute Gasteiger partial charge is 0.251 e. The summed E-state index contributed by atoms with van der Waals surface area (Å²) in [6.07, 6.45) is 12.9. The first kappa shape index (κ1) is 34.8. The molecule has 0 aromatic heterocycles. The van der Waals surface area contributed by atoms with E-state index in [1.165, 1.54) is 0 Å². The van der Waals surface area contributed by atoms with Crippen molar-refractivity contribution in [3.63, 3.8) is 0 Å². The molecule has 12 heteroatoms. The number of carbonyl (C=O) groups is 3. The lowest BCUT2D eigenvalue weighted by atomic mass is 9.85. The molecule has 1 fully saturated rings. The lowest BCUT2D eigenvalue weighted by molar-refractivity contribution is -0.525. The highest BCUT2D eigenvalue weighted by atomic mass is 16.7. The fraction of sp³-hybridized carbons (Fsp3) is 0.821. The van der Waals surface area contributed by atoms with Gasteiger partial charge in [0, 0.05) is 18.9 Å². The number of carbonyl (C=O) groups excluding carboxylic acids is 3. The Kier molecular flexibility index (Phi) is 18.0. The van der Waals surface area contributed by atoms with E-state index in [9.17, 15) is 24.5 Å². The summed E-state index contributed by atoms with van der Waals surface area (Å²) < 4.78 is 0.